The molecular weight excluding hydrogens is 352 g/mol. The summed E-state index contributed by atoms with van der Waals surface area (Å²) < 4.78 is 26.9. The zero-order valence-corrected chi connectivity index (χ0v) is 15.2. The van der Waals surface area contributed by atoms with Gasteiger partial charge < -0.3 is 10.0 Å². The minimum Gasteiger partial charge on any atom is -0.480 e. The van der Waals surface area contributed by atoms with E-state index in [-0.39, 0.29) is 32.1 Å². The molecule has 1 aromatic heterocycles. The molecule has 0 spiro atoms. The van der Waals surface area contributed by atoms with Gasteiger partial charge in [-0.15, -0.1) is 11.3 Å². The minimum absolute atomic E-state index is 0.193. The number of carbonyl (C=O) groups is 2. The third-order valence-corrected chi connectivity index (χ3v) is 7.83. The topological polar surface area (TPSA) is 95.0 Å². The monoisotopic (exact) mass is 372 g/mol. The zero-order valence-electron chi connectivity index (χ0n) is 13.6. The van der Waals surface area contributed by atoms with E-state index >= 15 is 0 Å². The van der Waals surface area contributed by atoms with Crippen LogP contribution in [0.15, 0.2) is 11.0 Å². The van der Waals surface area contributed by atoms with Crippen molar-refractivity contribution in [1.29, 1.82) is 0 Å². The van der Waals surface area contributed by atoms with E-state index in [1.54, 1.807) is 13.0 Å². The first-order chi connectivity index (χ1) is 11.2. The molecule has 1 saturated carbocycles. The van der Waals surface area contributed by atoms with Gasteiger partial charge in [-0.25, -0.2) is 8.42 Å². The van der Waals surface area contributed by atoms with Crippen molar-refractivity contribution in [3.05, 3.63) is 15.8 Å². The Labute approximate surface area is 144 Å². The lowest BCUT2D eigenvalue weighted by Crippen LogP contribution is -2.53. The standard InChI is InChI=1S/C15H20N2O5S2/c1-10-9-12(11(2)23-10)24(21,22)17-7-5-16(6-8-17)13(18)15(3-4-15)14(19)20/h9H,3-8H2,1-2H3,(H,19,20). The summed E-state index contributed by atoms with van der Waals surface area (Å²) in [5.74, 6) is -1.46. The molecule has 1 N–H and O–H groups in total. The number of hydrogen-bond donors (Lipinski definition) is 1. The van der Waals surface area contributed by atoms with Gasteiger partial charge in [0, 0.05) is 35.9 Å². The maximum absolute atomic E-state index is 12.8. The number of hydrogen-bond acceptors (Lipinski definition) is 5. The maximum Gasteiger partial charge on any atom is 0.319 e. The molecule has 0 aromatic carbocycles. The Morgan fingerprint density at radius 2 is 1.75 bits per heavy atom. The van der Waals surface area contributed by atoms with Gasteiger partial charge in [-0.05, 0) is 32.8 Å². The molecule has 0 unspecified atom stereocenters. The molecule has 3 rings (SSSR count). The fourth-order valence-corrected chi connectivity index (χ4v) is 6.03. The first-order valence-electron chi connectivity index (χ1n) is 7.78. The van der Waals surface area contributed by atoms with Crippen molar-refractivity contribution in [2.45, 2.75) is 31.6 Å². The van der Waals surface area contributed by atoms with Crippen LogP contribution in [0.2, 0.25) is 0 Å². The number of thiophene rings is 1. The van der Waals surface area contributed by atoms with Crippen LogP contribution in [-0.2, 0) is 19.6 Å². The highest BCUT2D eigenvalue weighted by molar-refractivity contribution is 7.89. The van der Waals surface area contributed by atoms with Crippen LogP contribution in [0.25, 0.3) is 0 Å². The third-order valence-electron chi connectivity index (χ3n) is 4.71. The minimum atomic E-state index is -3.57. The molecular formula is C15H20N2O5S2. The molecule has 0 bridgehead atoms. The summed E-state index contributed by atoms with van der Waals surface area (Å²) in [5, 5.41) is 9.21. The summed E-state index contributed by atoms with van der Waals surface area (Å²) in [6.45, 7) is 4.50. The van der Waals surface area contributed by atoms with Gasteiger partial charge in [-0.1, -0.05) is 0 Å². The van der Waals surface area contributed by atoms with Crippen molar-refractivity contribution in [2.75, 3.05) is 26.2 Å². The second-order valence-electron chi connectivity index (χ2n) is 6.36. The van der Waals surface area contributed by atoms with Gasteiger partial charge in [0.15, 0.2) is 0 Å². The van der Waals surface area contributed by atoms with Crippen LogP contribution in [0.3, 0.4) is 0 Å². The van der Waals surface area contributed by atoms with E-state index in [0.29, 0.717) is 17.7 Å². The number of carbonyl (C=O) groups excluding carboxylic acids is 1. The maximum atomic E-state index is 12.8. The first-order valence-corrected chi connectivity index (χ1v) is 10.0. The number of carboxylic acids is 1. The summed E-state index contributed by atoms with van der Waals surface area (Å²) in [6.07, 6.45) is 0.736. The molecule has 1 saturated heterocycles. The number of sulfonamides is 1. The molecule has 2 heterocycles. The highest BCUT2D eigenvalue weighted by atomic mass is 32.2. The lowest BCUT2D eigenvalue weighted by atomic mass is 10.1. The Morgan fingerprint density at radius 1 is 1.17 bits per heavy atom. The first kappa shape index (κ1) is 17.4. The van der Waals surface area contributed by atoms with Crippen molar-refractivity contribution in [3.8, 4) is 0 Å². The van der Waals surface area contributed by atoms with Gasteiger partial charge in [-0.3, -0.25) is 9.59 Å². The van der Waals surface area contributed by atoms with Crippen molar-refractivity contribution < 1.29 is 23.1 Å². The van der Waals surface area contributed by atoms with Crippen molar-refractivity contribution in [2.24, 2.45) is 5.41 Å². The molecule has 2 fully saturated rings. The second kappa shape index (κ2) is 5.82. The van der Waals surface area contributed by atoms with Crippen LogP contribution in [0.4, 0.5) is 0 Å². The largest absolute Gasteiger partial charge is 0.480 e. The van der Waals surface area contributed by atoms with Crippen LogP contribution < -0.4 is 0 Å². The molecule has 2 aliphatic rings. The predicted octanol–water partition coefficient (Wildman–Crippen LogP) is 1.06. The molecule has 1 aromatic rings. The van der Waals surface area contributed by atoms with Gasteiger partial charge in [0.05, 0.1) is 4.90 Å². The zero-order chi connectivity index (χ0) is 17.7. The molecule has 0 atom stereocenters. The molecule has 132 valence electrons. The fourth-order valence-electron chi connectivity index (χ4n) is 3.08. The van der Waals surface area contributed by atoms with Gasteiger partial charge >= 0.3 is 5.97 Å². The van der Waals surface area contributed by atoms with Gasteiger partial charge in [0.1, 0.15) is 5.41 Å². The van der Waals surface area contributed by atoms with Crippen LogP contribution >= 0.6 is 11.3 Å². The Morgan fingerprint density at radius 3 is 2.17 bits per heavy atom. The number of aliphatic carboxylic acids is 1. The van der Waals surface area contributed by atoms with E-state index in [1.807, 2.05) is 6.92 Å². The fraction of sp³-hybridized carbons (Fsp3) is 0.600. The average Bonchev–Trinajstić information content (AvgIpc) is 3.27. The smallest absolute Gasteiger partial charge is 0.319 e. The predicted molar refractivity (Wildman–Crippen MR) is 88.4 cm³/mol. The van der Waals surface area contributed by atoms with E-state index in [1.165, 1.54) is 20.5 Å². The highest BCUT2D eigenvalue weighted by Crippen LogP contribution is 2.47. The number of nitrogens with zero attached hydrogens (tertiary/aromatic N) is 2. The molecule has 1 amide bonds. The second-order valence-corrected chi connectivity index (χ2v) is 9.73. The summed E-state index contributed by atoms with van der Waals surface area (Å²) in [5.41, 5.74) is -1.26. The third kappa shape index (κ3) is 2.74. The average molecular weight is 372 g/mol. The lowest BCUT2D eigenvalue weighted by molar-refractivity contribution is -0.154. The quantitative estimate of drug-likeness (QED) is 0.798. The molecule has 1 aliphatic heterocycles. The summed E-state index contributed by atoms with van der Waals surface area (Å²) in [6, 6.07) is 1.68. The number of aryl methyl sites for hydroxylation is 2. The van der Waals surface area contributed by atoms with E-state index in [4.69, 9.17) is 0 Å². The molecule has 7 nitrogen and oxygen atoms in total. The summed E-state index contributed by atoms with van der Waals surface area (Å²) in [7, 11) is -3.57. The van der Waals surface area contributed by atoms with Crippen molar-refractivity contribution in [3.63, 3.8) is 0 Å². The van der Waals surface area contributed by atoms with Gasteiger partial charge in [0.25, 0.3) is 0 Å². The number of rotatable bonds is 4. The van der Waals surface area contributed by atoms with E-state index in [2.05, 4.69) is 0 Å². The van der Waals surface area contributed by atoms with Crippen molar-refractivity contribution >= 4 is 33.2 Å². The van der Waals surface area contributed by atoms with Gasteiger partial charge in [-0.2, -0.15) is 4.31 Å². The summed E-state index contributed by atoms with van der Waals surface area (Å²) >= 11 is 1.44. The lowest BCUT2D eigenvalue weighted by Gasteiger charge is -2.35. The number of carboxylic acid groups (broad SMARTS) is 1. The molecule has 24 heavy (non-hydrogen) atoms. The van der Waals surface area contributed by atoms with Crippen LogP contribution in [0, 0.1) is 19.3 Å². The van der Waals surface area contributed by atoms with Crippen molar-refractivity contribution in [1.82, 2.24) is 9.21 Å². The normalized spacial score (nSPS) is 20.8. The molecule has 1 aliphatic carbocycles. The number of piperazine rings is 1. The Hall–Kier alpha value is -1.45. The Bertz CT molecular complexity index is 787. The van der Waals surface area contributed by atoms with Crippen LogP contribution in [0.5, 0.6) is 0 Å². The van der Waals surface area contributed by atoms with Crippen LogP contribution in [0.1, 0.15) is 22.6 Å². The van der Waals surface area contributed by atoms with E-state index < -0.39 is 21.4 Å². The molecule has 9 heteroatoms. The van der Waals surface area contributed by atoms with E-state index in [0.717, 1.165) is 9.75 Å². The molecule has 0 radical (unpaired) electrons. The SMILES string of the molecule is Cc1cc(S(=O)(=O)N2CCN(C(=O)C3(C(=O)O)CC3)CC2)c(C)s1. The van der Waals surface area contributed by atoms with Crippen LogP contribution in [-0.4, -0.2) is 60.8 Å². The summed E-state index contributed by atoms with van der Waals surface area (Å²) in [4.78, 5) is 27.2. The Kier molecular flexibility index (Phi) is 4.21. The van der Waals surface area contributed by atoms with Gasteiger partial charge in [0.2, 0.25) is 15.9 Å². The highest BCUT2D eigenvalue weighted by Gasteiger charge is 2.58. The number of amides is 1. The Balaban J connectivity index is 1.70. The van der Waals surface area contributed by atoms with E-state index in [9.17, 15) is 23.1 Å².